The molecule has 0 radical (unpaired) electrons. The van der Waals surface area contributed by atoms with Gasteiger partial charge in [0.15, 0.2) is 5.69 Å². The Morgan fingerprint density at radius 2 is 1.63 bits per heavy atom. The number of rotatable bonds is 7. The van der Waals surface area contributed by atoms with Crippen molar-refractivity contribution in [3.05, 3.63) is 101 Å². The largest absolute Gasteiger partial charge is 0.489 e. The number of hydrogen-bond donors (Lipinski definition) is 0. The molecular weight excluding hydrogens is 458 g/mol. The van der Waals surface area contributed by atoms with Gasteiger partial charge in [0.2, 0.25) is 0 Å². The normalized spacial score (nSPS) is 10.6. The predicted molar refractivity (Wildman–Crippen MR) is 122 cm³/mol. The molecule has 0 aliphatic carbocycles. The van der Waals surface area contributed by atoms with E-state index in [1.807, 2.05) is 0 Å². The maximum absolute atomic E-state index is 14.0. The van der Waals surface area contributed by atoms with Crippen molar-refractivity contribution < 1.29 is 32.6 Å². The van der Waals surface area contributed by atoms with Crippen LogP contribution in [0.4, 0.5) is 8.78 Å². The fourth-order valence-corrected chi connectivity index (χ4v) is 3.50. The Morgan fingerprint density at radius 3 is 2.34 bits per heavy atom. The molecule has 9 heteroatoms. The lowest BCUT2D eigenvalue weighted by molar-refractivity contribution is 0.0549. The quantitative estimate of drug-likeness (QED) is 0.349. The van der Waals surface area contributed by atoms with Crippen LogP contribution in [0.1, 0.15) is 26.4 Å². The molecule has 4 aromatic rings. The number of esters is 2. The van der Waals surface area contributed by atoms with Gasteiger partial charge in [0.05, 0.1) is 19.9 Å². The maximum Gasteiger partial charge on any atom is 0.357 e. The van der Waals surface area contributed by atoms with Crippen molar-refractivity contribution in [2.45, 2.75) is 6.61 Å². The highest BCUT2D eigenvalue weighted by Gasteiger charge is 2.31. The summed E-state index contributed by atoms with van der Waals surface area (Å²) in [6.45, 7) is -0.219. The number of para-hydroxylation sites is 1. The average Bonchev–Trinajstić information content (AvgIpc) is 3.30. The zero-order chi connectivity index (χ0) is 24.9. The molecule has 0 atom stereocenters. The molecule has 0 saturated carbocycles. The third-order valence-electron chi connectivity index (χ3n) is 5.16. The van der Waals surface area contributed by atoms with E-state index in [9.17, 15) is 18.4 Å². The molecule has 0 bridgehead atoms. The first-order valence-electron chi connectivity index (χ1n) is 10.4. The van der Waals surface area contributed by atoms with Crippen LogP contribution in [0.5, 0.6) is 5.75 Å². The molecule has 7 nitrogen and oxygen atoms in total. The van der Waals surface area contributed by atoms with Gasteiger partial charge in [-0.25, -0.2) is 23.1 Å². The van der Waals surface area contributed by atoms with Gasteiger partial charge in [0.25, 0.3) is 0 Å². The first-order chi connectivity index (χ1) is 16.9. The van der Waals surface area contributed by atoms with Gasteiger partial charge in [0, 0.05) is 11.1 Å². The number of ether oxygens (including phenoxy) is 3. The first-order valence-corrected chi connectivity index (χ1v) is 10.4. The third kappa shape index (κ3) is 4.89. The monoisotopic (exact) mass is 478 g/mol. The average molecular weight is 478 g/mol. The molecule has 0 aliphatic rings. The van der Waals surface area contributed by atoms with E-state index < -0.39 is 23.6 Å². The second-order valence-electron chi connectivity index (χ2n) is 7.35. The van der Waals surface area contributed by atoms with Crippen molar-refractivity contribution in [2.24, 2.45) is 0 Å². The summed E-state index contributed by atoms with van der Waals surface area (Å²) in [6.07, 6.45) is 0. The van der Waals surface area contributed by atoms with E-state index in [1.54, 1.807) is 54.6 Å². The molecule has 0 aliphatic heterocycles. The van der Waals surface area contributed by atoms with Crippen LogP contribution in [0.2, 0.25) is 0 Å². The summed E-state index contributed by atoms with van der Waals surface area (Å²) in [4.78, 5) is 25.5. The number of aromatic nitrogens is 2. The smallest absolute Gasteiger partial charge is 0.357 e. The number of carbonyl (C=O) groups is 2. The zero-order valence-corrected chi connectivity index (χ0v) is 18.8. The number of nitrogens with zero attached hydrogens (tertiary/aromatic N) is 2. The summed E-state index contributed by atoms with van der Waals surface area (Å²) < 4.78 is 44.3. The van der Waals surface area contributed by atoms with Gasteiger partial charge in [0.1, 0.15) is 35.2 Å². The Balaban J connectivity index is 1.79. The lowest BCUT2D eigenvalue weighted by Gasteiger charge is -2.09. The van der Waals surface area contributed by atoms with Crippen molar-refractivity contribution in [1.82, 2.24) is 9.78 Å². The number of benzene rings is 3. The fraction of sp³-hybridized carbons (Fsp3) is 0.115. The summed E-state index contributed by atoms with van der Waals surface area (Å²) >= 11 is 0. The van der Waals surface area contributed by atoms with Crippen molar-refractivity contribution in [3.8, 4) is 22.7 Å². The second kappa shape index (κ2) is 10.2. The van der Waals surface area contributed by atoms with Crippen LogP contribution >= 0.6 is 0 Å². The highest BCUT2D eigenvalue weighted by atomic mass is 19.1. The second-order valence-corrected chi connectivity index (χ2v) is 7.35. The Morgan fingerprint density at radius 1 is 0.886 bits per heavy atom. The molecule has 0 saturated heterocycles. The van der Waals surface area contributed by atoms with E-state index in [2.05, 4.69) is 5.10 Å². The number of hydrogen-bond acceptors (Lipinski definition) is 6. The Labute approximate surface area is 199 Å². The van der Waals surface area contributed by atoms with Crippen molar-refractivity contribution in [3.63, 3.8) is 0 Å². The van der Waals surface area contributed by atoms with Gasteiger partial charge in [-0.05, 0) is 42.5 Å². The molecular formula is C26H20F2N2O5. The van der Waals surface area contributed by atoms with Crippen LogP contribution in [0.25, 0.3) is 16.9 Å². The molecule has 0 unspecified atom stereocenters. The van der Waals surface area contributed by atoms with Gasteiger partial charge in [-0.2, -0.15) is 5.10 Å². The number of carbonyl (C=O) groups excluding carboxylic acids is 2. The van der Waals surface area contributed by atoms with Crippen LogP contribution in [-0.4, -0.2) is 35.9 Å². The van der Waals surface area contributed by atoms with Crippen LogP contribution in [0.3, 0.4) is 0 Å². The van der Waals surface area contributed by atoms with Crippen LogP contribution in [0.15, 0.2) is 72.8 Å². The van der Waals surface area contributed by atoms with Gasteiger partial charge in [-0.15, -0.1) is 0 Å². The molecule has 0 amide bonds. The van der Waals surface area contributed by atoms with E-state index in [0.29, 0.717) is 17.0 Å². The lowest BCUT2D eigenvalue weighted by atomic mass is 10.1. The molecule has 0 spiro atoms. The van der Waals surface area contributed by atoms with Crippen molar-refractivity contribution >= 4 is 11.9 Å². The van der Waals surface area contributed by atoms with Crippen LogP contribution < -0.4 is 4.74 Å². The van der Waals surface area contributed by atoms with Gasteiger partial charge < -0.3 is 14.2 Å². The first kappa shape index (κ1) is 23.6. The SMILES string of the molecule is COC(=O)c1c(-c2cccc(OCc3cc(F)ccc3F)c2)nn(-c2ccccc2)c1C(=O)OC. The van der Waals surface area contributed by atoms with E-state index in [1.165, 1.54) is 18.9 Å². The molecule has 4 rings (SSSR count). The molecule has 178 valence electrons. The van der Waals surface area contributed by atoms with Crippen molar-refractivity contribution in [2.75, 3.05) is 14.2 Å². The minimum Gasteiger partial charge on any atom is -0.489 e. The Kier molecular flexibility index (Phi) is 6.86. The Bertz CT molecular complexity index is 1390. The minimum atomic E-state index is -0.782. The van der Waals surface area contributed by atoms with Gasteiger partial charge >= 0.3 is 11.9 Å². The molecule has 1 heterocycles. The van der Waals surface area contributed by atoms with E-state index in [-0.39, 0.29) is 29.1 Å². The van der Waals surface area contributed by atoms with Crippen molar-refractivity contribution in [1.29, 1.82) is 0 Å². The molecule has 0 N–H and O–H groups in total. The topological polar surface area (TPSA) is 79.7 Å². The Hall–Kier alpha value is -4.53. The third-order valence-corrected chi connectivity index (χ3v) is 5.16. The molecule has 1 aromatic heterocycles. The van der Waals surface area contributed by atoms with E-state index in [4.69, 9.17) is 14.2 Å². The van der Waals surface area contributed by atoms with Crippen LogP contribution in [-0.2, 0) is 16.1 Å². The molecule has 3 aromatic carbocycles. The summed E-state index contributed by atoms with van der Waals surface area (Å²) in [5.74, 6) is -2.42. The number of methoxy groups -OCH3 is 2. The lowest BCUT2D eigenvalue weighted by Crippen LogP contribution is -2.15. The molecule has 0 fully saturated rings. The summed E-state index contributed by atoms with van der Waals surface area (Å²) in [5, 5.41) is 4.52. The van der Waals surface area contributed by atoms with Crippen LogP contribution in [0, 0.1) is 11.6 Å². The van der Waals surface area contributed by atoms with E-state index >= 15 is 0 Å². The fourth-order valence-electron chi connectivity index (χ4n) is 3.50. The minimum absolute atomic E-state index is 0.0481. The summed E-state index contributed by atoms with van der Waals surface area (Å²) in [7, 11) is 2.39. The standard InChI is InChI=1S/C26H20F2N2O5/c1-33-25(31)22-23(29-30(24(22)26(32)34-2)19-8-4-3-5-9-19)16-7-6-10-20(14-16)35-15-17-13-18(27)11-12-21(17)28/h3-14H,15H2,1-2H3. The predicted octanol–water partition coefficient (Wildman–Crippen LogP) is 4.97. The summed E-state index contributed by atoms with van der Waals surface area (Å²) in [5.41, 5.74) is 0.974. The molecule has 35 heavy (non-hydrogen) atoms. The zero-order valence-electron chi connectivity index (χ0n) is 18.8. The highest BCUT2D eigenvalue weighted by molar-refractivity contribution is 6.06. The summed E-state index contributed by atoms with van der Waals surface area (Å²) in [6, 6.07) is 18.4. The van der Waals surface area contributed by atoms with Gasteiger partial charge in [-0.1, -0.05) is 30.3 Å². The number of halogens is 2. The van der Waals surface area contributed by atoms with Gasteiger partial charge in [-0.3, -0.25) is 0 Å². The van der Waals surface area contributed by atoms with E-state index in [0.717, 1.165) is 18.2 Å². The highest BCUT2D eigenvalue weighted by Crippen LogP contribution is 2.31. The maximum atomic E-state index is 14.0.